The van der Waals surface area contributed by atoms with Crippen molar-refractivity contribution in [2.24, 2.45) is 0 Å². The molecule has 1 heterocycles. The monoisotopic (exact) mass is 285 g/mol. The quantitative estimate of drug-likeness (QED) is 0.470. The van der Waals surface area contributed by atoms with Gasteiger partial charge in [-0.3, -0.25) is 0 Å². The summed E-state index contributed by atoms with van der Waals surface area (Å²) in [6.07, 6.45) is 8.11. The lowest BCUT2D eigenvalue weighted by Gasteiger charge is -2.16. The predicted molar refractivity (Wildman–Crippen MR) is 78.2 cm³/mol. The molecule has 0 saturated heterocycles. The first-order chi connectivity index (χ1) is 10.2. The van der Waals surface area contributed by atoms with E-state index in [4.69, 9.17) is 9.15 Å². The second-order valence-electron chi connectivity index (χ2n) is 4.97. The minimum absolute atomic E-state index is 0.145. The van der Waals surface area contributed by atoms with Crippen LogP contribution in [0.1, 0.15) is 38.4 Å². The smallest absolute Gasteiger partial charge is 0.349 e. The third kappa shape index (κ3) is 4.09. The Hall–Kier alpha value is -2.28. The first kappa shape index (κ1) is 15.1. The highest BCUT2D eigenvalue weighted by atomic mass is 16.5. The molecule has 1 aliphatic carbocycles. The maximum Gasteiger partial charge on any atom is 0.349 e. The maximum atomic E-state index is 11.8. The summed E-state index contributed by atoms with van der Waals surface area (Å²) >= 11 is 0. The molecule has 4 heteroatoms. The summed E-state index contributed by atoms with van der Waals surface area (Å²) in [5, 5.41) is 9.19. The number of nitriles is 1. The minimum Gasteiger partial charge on any atom is -0.469 e. The molecule has 0 atom stereocenters. The largest absolute Gasteiger partial charge is 0.469 e. The summed E-state index contributed by atoms with van der Waals surface area (Å²) in [5.41, 5.74) is 2.20. The molecule has 0 bridgehead atoms. The van der Waals surface area contributed by atoms with Gasteiger partial charge in [-0.1, -0.05) is 11.6 Å². The van der Waals surface area contributed by atoms with Gasteiger partial charge >= 0.3 is 5.97 Å². The van der Waals surface area contributed by atoms with Gasteiger partial charge in [0.25, 0.3) is 0 Å². The Morgan fingerprint density at radius 2 is 2.29 bits per heavy atom. The van der Waals surface area contributed by atoms with E-state index in [1.54, 1.807) is 13.2 Å². The van der Waals surface area contributed by atoms with Crippen LogP contribution in [-0.2, 0) is 16.0 Å². The van der Waals surface area contributed by atoms with E-state index in [0.717, 1.165) is 43.4 Å². The van der Waals surface area contributed by atoms with Crippen LogP contribution in [-0.4, -0.2) is 12.6 Å². The van der Waals surface area contributed by atoms with Crippen molar-refractivity contribution >= 4 is 5.97 Å². The molecule has 1 aliphatic rings. The van der Waals surface area contributed by atoms with Gasteiger partial charge in [0, 0.05) is 6.42 Å². The van der Waals surface area contributed by atoms with Crippen molar-refractivity contribution in [3.8, 4) is 6.07 Å². The van der Waals surface area contributed by atoms with Crippen molar-refractivity contribution < 1.29 is 13.9 Å². The Labute approximate surface area is 124 Å². The van der Waals surface area contributed by atoms with Crippen LogP contribution in [0, 0.1) is 11.3 Å². The van der Waals surface area contributed by atoms with Crippen LogP contribution in [0.5, 0.6) is 0 Å². The van der Waals surface area contributed by atoms with E-state index in [1.165, 1.54) is 5.57 Å². The zero-order valence-electron chi connectivity index (χ0n) is 12.2. The second-order valence-corrected chi connectivity index (χ2v) is 4.97. The lowest BCUT2D eigenvalue weighted by molar-refractivity contribution is -0.138. The van der Waals surface area contributed by atoms with E-state index in [-0.39, 0.29) is 12.2 Å². The highest BCUT2D eigenvalue weighted by Crippen LogP contribution is 2.28. The molecule has 0 aliphatic heterocycles. The molecule has 0 aromatic carbocycles. The van der Waals surface area contributed by atoms with Crippen LogP contribution in [0.2, 0.25) is 0 Å². The zero-order chi connectivity index (χ0) is 15.1. The molecular formula is C17H19NO3. The SMILES string of the molecule is CCOC(=O)/C(C#N)=C1\C=C(CCc2ccco2)CCC1. The second kappa shape index (κ2) is 7.49. The van der Waals surface area contributed by atoms with Gasteiger partial charge in [-0.25, -0.2) is 4.79 Å². The normalized spacial score (nSPS) is 16.9. The maximum absolute atomic E-state index is 11.8. The molecule has 4 nitrogen and oxygen atoms in total. The average molecular weight is 285 g/mol. The van der Waals surface area contributed by atoms with E-state index < -0.39 is 5.97 Å². The van der Waals surface area contributed by atoms with Gasteiger partial charge in [0.15, 0.2) is 0 Å². The summed E-state index contributed by atoms with van der Waals surface area (Å²) in [7, 11) is 0. The first-order valence-electron chi connectivity index (χ1n) is 7.26. The molecule has 0 amide bonds. The van der Waals surface area contributed by atoms with Gasteiger partial charge in [-0.15, -0.1) is 0 Å². The van der Waals surface area contributed by atoms with Crippen molar-refractivity contribution in [1.82, 2.24) is 0 Å². The summed E-state index contributed by atoms with van der Waals surface area (Å²) < 4.78 is 10.3. The standard InChI is InChI=1S/C17H19NO3/c1-2-20-17(19)16(12-18)14-6-3-5-13(11-14)8-9-15-7-4-10-21-15/h4,7,10-11H,2-3,5-6,8-9H2,1H3/b16-14-. The van der Waals surface area contributed by atoms with E-state index in [0.29, 0.717) is 0 Å². The molecule has 0 N–H and O–H groups in total. The first-order valence-corrected chi connectivity index (χ1v) is 7.26. The summed E-state index contributed by atoms with van der Waals surface area (Å²) in [6.45, 7) is 2.02. The third-order valence-electron chi connectivity index (χ3n) is 3.51. The molecule has 1 aromatic rings. The Bertz CT molecular complexity index is 588. The lowest BCUT2D eigenvalue weighted by atomic mass is 9.90. The van der Waals surface area contributed by atoms with E-state index in [1.807, 2.05) is 24.3 Å². The number of carbonyl (C=O) groups is 1. The highest BCUT2D eigenvalue weighted by Gasteiger charge is 2.18. The van der Waals surface area contributed by atoms with Crippen molar-refractivity contribution in [2.75, 3.05) is 6.61 Å². The summed E-state index contributed by atoms with van der Waals surface area (Å²) in [6, 6.07) is 5.83. The molecular weight excluding hydrogens is 266 g/mol. The number of carbonyl (C=O) groups excluding carboxylic acids is 1. The van der Waals surface area contributed by atoms with Crippen molar-refractivity contribution in [1.29, 1.82) is 5.26 Å². The van der Waals surface area contributed by atoms with Gasteiger partial charge in [0.05, 0.1) is 12.9 Å². The molecule has 0 saturated carbocycles. The fourth-order valence-electron chi connectivity index (χ4n) is 2.48. The van der Waals surface area contributed by atoms with E-state index in [2.05, 4.69) is 0 Å². The molecule has 0 fully saturated rings. The number of aryl methyl sites for hydroxylation is 1. The van der Waals surface area contributed by atoms with Crippen molar-refractivity contribution in [3.63, 3.8) is 0 Å². The highest BCUT2D eigenvalue weighted by molar-refractivity contribution is 5.94. The fourth-order valence-corrected chi connectivity index (χ4v) is 2.48. The van der Waals surface area contributed by atoms with Crippen LogP contribution in [0.15, 0.2) is 45.6 Å². The predicted octanol–water partition coefficient (Wildman–Crippen LogP) is 3.71. The number of furan rings is 1. The van der Waals surface area contributed by atoms with Crippen molar-refractivity contribution in [2.45, 2.75) is 39.0 Å². The molecule has 1 aromatic heterocycles. The van der Waals surface area contributed by atoms with Crippen LogP contribution < -0.4 is 0 Å². The number of esters is 1. The van der Waals surface area contributed by atoms with Crippen LogP contribution in [0.25, 0.3) is 0 Å². The van der Waals surface area contributed by atoms with E-state index in [9.17, 15) is 10.1 Å². The minimum atomic E-state index is -0.515. The summed E-state index contributed by atoms with van der Waals surface area (Å²) in [5.74, 6) is 0.441. The van der Waals surface area contributed by atoms with Gasteiger partial charge in [0.2, 0.25) is 0 Å². The zero-order valence-corrected chi connectivity index (χ0v) is 12.2. The number of rotatable bonds is 5. The van der Waals surface area contributed by atoms with Crippen LogP contribution >= 0.6 is 0 Å². The average Bonchev–Trinajstić information content (AvgIpc) is 3.00. The lowest BCUT2D eigenvalue weighted by Crippen LogP contribution is -2.10. The Kier molecular flexibility index (Phi) is 5.39. The van der Waals surface area contributed by atoms with E-state index >= 15 is 0 Å². The fraction of sp³-hybridized carbons (Fsp3) is 0.412. The Morgan fingerprint density at radius 3 is 2.95 bits per heavy atom. The number of nitrogens with zero attached hydrogens (tertiary/aromatic N) is 1. The Morgan fingerprint density at radius 1 is 1.43 bits per heavy atom. The summed E-state index contributed by atoms with van der Waals surface area (Å²) in [4.78, 5) is 11.8. The molecule has 0 spiro atoms. The van der Waals surface area contributed by atoms with Crippen LogP contribution in [0.3, 0.4) is 0 Å². The van der Waals surface area contributed by atoms with Crippen LogP contribution in [0.4, 0.5) is 0 Å². The Balaban J connectivity index is 2.11. The number of allylic oxidation sites excluding steroid dienone is 3. The van der Waals surface area contributed by atoms with Gasteiger partial charge in [-0.2, -0.15) is 5.26 Å². The molecule has 0 unspecified atom stereocenters. The molecule has 0 radical (unpaired) electrons. The molecule has 21 heavy (non-hydrogen) atoms. The van der Waals surface area contributed by atoms with Gasteiger partial charge < -0.3 is 9.15 Å². The molecule has 110 valence electrons. The van der Waals surface area contributed by atoms with Gasteiger partial charge in [-0.05, 0) is 50.3 Å². The molecule has 2 rings (SSSR count). The van der Waals surface area contributed by atoms with Crippen molar-refractivity contribution in [3.05, 3.63) is 47.0 Å². The topological polar surface area (TPSA) is 63.2 Å². The number of ether oxygens (including phenoxy) is 1. The third-order valence-corrected chi connectivity index (χ3v) is 3.51. The van der Waals surface area contributed by atoms with Gasteiger partial charge in [0.1, 0.15) is 17.4 Å². The number of hydrogen-bond donors (Lipinski definition) is 0. The number of hydrogen-bond acceptors (Lipinski definition) is 4.